The number of nitrogens with two attached hydrogens (primary N) is 1. The third-order valence-electron chi connectivity index (χ3n) is 3.18. The molecule has 0 saturated carbocycles. The number of benzene rings is 1. The fourth-order valence-electron chi connectivity index (χ4n) is 2.15. The summed E-state index contributed by atoms with van der Waals surface area (Å²) in [7, 11) is 3.27. The summed E-state index contributed by atoms with van der Waals surface area (Å²) in [6.07, 6.45) is 1.49. The minimum Gasteiger partial charge on any atom is -0.497 e. The molecular weight excluding hydrogens is 272 g/mol. The quantitative estimate of drug-likeness (QED) is 0.688. The van der Waals surface area contributed by atoms with E-state index in [0.717, 1.165) is 5.56 Å². The molecule has 0 amide bonds. The SMILES string of the molecule is COc1cc(N)cc(Cn2nnc3c(cnn3C)c2=O)c1. The Kier molecular flexibility index (Phi) is 3.05. The van der Waals surface area contributed by atoms with Crippen LogP contribution in [0, 0.1) is 0 Å². The number of anilines is 1. The van der Waals surface area contributed by atoms with E-state index in [9.17, 15) is 4.79 Å². The van der Waals surface area contributed by atoms with Crippen LogP contribution in [-0.4, -0.2) is 31.9 Å². The largest absolute Gasteiger partial charge is 0.497 e. The van der Waals surface area contributed by atoms with Gasteiger partial charge in [0.25, 0.3) is 5.56 Å². The molecule has 0 aliphatic carbocycles. The van der Waals surface area contributed by atoms with Gasteiger partial charge in [0.2, 0.25) is 0 Å². The average Bonchev–Trinajstić information content (AvgIpc) is 2.83. The molecule has 21 heavy (non-hydrogen) atoms. The molecule has 2 N–H and O–H groups in total. The number of fused-ring (bicyclic) bond motifs is 1. The van der Waals surface area contributed by atoms with Crippen LogP contribution in [0.4, 0.5) is 5.69 Å². The molecule has 0 saturated heterocycles. The Morgan fingerprint density at radius 2 is 2.14 bits per heavy atom. The normalized spacial score (nSPS) is 11.0. The Hall–Kier alpha value is -2.90. The molecule has 0 unspecified atom stereocenters. The number of aromatic nitrogens is 5. The number of hydrogen-bond acceptors (Lipinski definition) is 6. The van der Waals surface area contributed by atoms with Gasteiger partial charge in [-0.05, 0) is 17.7 Å². The standard InChI is InChI=1S/C13H14N6O2/c1-18-12-11(6-15-18)13(20)19(17-16-12)7-8-3-9(14)5-10(4-8)21-2/h3-6H,7,14H2,1-2H3. The Bertz CT molecular complexity index is 867. The highest BCUT2D eigenvalue weighted by Crippen LogP contribution is 2.18. The van der Waals surface area contributed by atoms with Crippen molar-refractivity contribution in [1.82, 2.24) is 24.8 Å². The number of rotatable bonds is 3. The first-order chi connectivity index (χ1) is 10.1. The van der Waals surface area contributed by atoms with E-state index in [1.165, 1.54) is 15.6 Å². The second kappa shape index (κ2) is 4.89. The zero-order valence-electron chi connectivity index (χ0n) is 11.6. The third-order valence-corrected chi connectivity index (χ3v) is 3.18. The number of nitrogens with zero attached hydrogens (tertiary/aromatic N) is 5. The molecule has 8 nitrogen and oxygen atoms in total. The summed E-state index contributed by atoms with van der Waals surface area (Å²) in [6, 6.07) is 5.28. The molecule has 108 valence electrons. The van der Waals surface area contributed by atoms with Gasteiger partial charge in [-0.3, -0.25) is 4.79 Å². The molecule has 2 heterocycles. The van der Waals surface area contributed by atoms with Crippen LogP contribution in [-0.2, 0) is 13.6 Å². The molecule has 0 atom stereocenters. The highest BCUT2D eigenvalue weighted by atomic mass is 16.5. The first-order valence-electron chi connectivity index (χ1n) is 6.27. The van der Waals surface area contributed by atoms with Crippen LogP contribution in [0.25, 0.3) is 11.0 Å². The monoisotopic (exact) mass is 286 g/mol. The van der Waals surface area contributed by atoms with E-state index in [-0.39, 0.29) is 12.1 Å². The predicted octanol–water partition coefficient (Wildman–Crippen LogP) is 0.164. The van der Waals surface area contributed by atoms with Gasteiger partial charge in [-0.2, -0.15) is 5.10 Å². The maximum atomic E-state index is 12.3. The van der Waals surface area contributed by atoms with Crippen molar-refractivity contribution in [3.05, 3.63) is 40.3 Å². The summed E-state index contributed by atoms with van der Waals surface area (Å²) in [5.41, 5.74) is 7.40. The Morgan fingerprint density at radius 1 is 1.33 bits per heavy atom. The molecule has 3 rings (SSSR count). The maximum Gasteiger partial charge on any atom is 0.281 e. The predicted molar refractivity (Wildman–Crippen MR) is 77.1 cm³/mol. The van der Waals surface area contributed by atoms with Crippen LogP contribution in [0.15, 0.2) is 29.2 Å². The van der Waals surface area contributed by atoms with Crippen LogP contribution in [0.1, 0.15) is 5.56 Å². The minimum atomic E-state index is -0.241. The van der Waals surface area contributed by atoms with Crippen LogP contribution >= 0.6 is 0 Å². The zero-order chi connectivity index (χ0) is 15.0. The van der Waals surface area contributed by atoms with Crippen LogP contribution in [0.5, 0.6) is 5.75 Å². The zero-order valence-corrected chi connectivity index (χ0v) is 11.6. The van der Waals surface area contributed by atoms with E-state index in [1.54, 1.807) is 32.4 Å². The van der Waals surface area contributed by atoms with E-state index in [2.05, 4.69) is 15.4 Å². The molecular formula is C13H14N6O2. The average molecular weight is 286 g/mol. The van der Waals surface area contributed by atoms with E-state index < -0.39 is 0 Å². The first kappa shape index (κ1) is 13.1. The Labute approximate surface area is 119 Å². The van der Waals surface area contributed by atoms with E-state index in [0.29, 0.717) is 22.5 Å². The lowest BCUT2D eigenvalue weighted by Crippen LogP contribution is -2.24. The van der Waals surface area contributed by atoms with Gasteiger partial charge in [0.05, 0.1) is 19.9 Å². The molecule has 0 spiro atoms. The summed E-state index contributed by atoms with van der Waals surface area (Å²) in [5.74, 6) is 0.633. The van der Waals surface area contributed by atoms with Crippen molar-refractivity contribution in [2.24, 2.45) is 7.05 Å². The van der Waals surface area contributed by atoms with Crippen molar-refractivity contribution >= 4 is 16.7 Å². The molecule has 0 aliphatic heterocycles. The Balaban J connectivity index is 2.04. The fourth-order valence-corrected chi connectivity index (χ4v) is 2.15. The van der Waals surface area contributed by atoms with Crippen molar-refractivity contribution in [2.75, 3.05) is 12.8 Å². The molecule has 0 aliphatic rings. The lowest BCUT2D eigenvalue weighted by atomic mass is 10.2. The molecule has 0 radical (unpaired) electrons. The van der Waals surface area contributed by atoms with Gasteiger partial charge in [0, 0.05) is 18.8 Å². The van der Waals surface area contributed by atoms with Crippen molar-refractivity contribution < 1.29 is 4.74 Å². The lowest BCUT2D eigenvalue weighted by molar-refractivity contribution is 0.414. The smallest absolute Gasteiger partial charge is 0.281 e. The van der Waals surface area contributed by atoms with Gasteiger partial charge < -0.3 is 10.5 Å². The molecule has 3 aromatic rings. The second-order valence-electron chi connectivity index (χ2n) is 4.67. The minimum absolute atomic E-state index is 0.241. The molecule has 0 bridgehead atoms. The van der Waals surface area contributed by atoms with Crippen molar-refractivity contribution in [2.45, 2.75) is 6.54 Å². The molecule has 2 aromatic heterocycles. The van der Waals surface area contributed by atoms with Crippen LogP contribution in [0.3, 0.4) is 0 Å². The van der Waals surface area contributed by atoms with E-state index >= 15 is 0 Å². The van der Waals surface area contributed by atoms with Crippen molar-refractivity contribution in [3.8, 4) is 5.75 Å². The fraction of sp³-hybridized carbons (Fsp3) is 0.231. The van der Waals surface area contributed by atoms with Gasteiger partial charge in [-0.15, -0.1) is 5.10 Å². The number of hydrogen-bond donors (Lipinski definition) is 1. The number of methoxy groups -OCH3 is 1. The van der Waals surface area contributed by atoms with Gasteiger partial charge >= 0.3 is 0 Å². The van der Waals surface area contributed by atoms with Gasteiger partial charge in [0.1, 0.15) is 11.1 Å². The number of nitrogen functional groups attached to an aromatic ring is 1. The lowest BCUT2D eigenvalue weighted by Gasteiger charge is -2.07. The summed E-state index contributed by atoms with van der Waals surface area (Å²) in [4.78, 5) is 12.3. The molecule has 1 aromatic carbocycles. The van der Waals surface area contributed by atoms with E-state index in [1.807, 2.05) is 0 Å². The summed E-state index contributed by atoms with van der Waals surface area (Å²) in [5, 5.41) is 12.4. The second-order valence-corrected chi connectivity index (χ2v) is 4.67. The van der Waals surface area contributed by atoms with Gasteiger partial charge in [-0.1, -0.05) is 5.21 Å². The Morgan fingerprint density at radius 3 is 2.90 bits per heavy atom. The summed E-state index contributed by atoms with van der Waals surface area (Å²) in [6.45, 7) is 0.262. The topological polar surface area (TPSA) is 101 Å². The van der Waals surface area contributed by atoms with Crippen molar-refractivity contribution in [1.29, 1.82) is 0 Å². The summed E-state index contributed by atoms with van der Waals surface area (Å²) >= 11 is 0. The van der Waals surface area contributed by atoms with Crippen LogP contribution in [0.2, 0.25) is 0 Å². The molecule has 0 fully saturated rings. The highest BCUT2D eigenvalue weighted by molar-refractivity contribution is 5.72. The third kappa shape index (κ3) is 2.31. The van der Waals surface area contributed by atoms with Gasteiger partial charge in [-0.25, -0.2) is 9.36 Å². The molecule has 8 heteroatoms. The number of ether oxygens (including phenoxy) is 1. The van der Waals surface area contributed by atoms with Gasteiger partial charge in [0.15, 0.2) is 5.65 Å². The van der Waals surface area contributed by atoms with Crippen LogP contribution < -0.4 is 16.0 Å². The highest BCUT2D eigenvalue weighted by Gasteiger charge is 2.10. The van der Waals surface area contributed by atoms with Crippen molar-refractivity contribution in [3.63, 3.8) is 0 Å². The first-order valence-corrected chi connectivity index (χ1v) is 6.27. The number of aryl methyl sites for hydroxylation is 1. The van der Waals surface area contributed by atoms with E-state index in [4.69, 9.17) is 10.5 Å². The summed E-state index contributed by atoms with van der Waals surface area (Å²) < 4.78 is 7.95. The maximum absolute atomic E-state index is 12.3.